The van der Waals surface area contributed by atoms with Crippen molar-refractivity contribution in [3.8, 4) is 22.8 Å². The first-order chi connectivity index (χ1) is 19.3. The highest BCUT2D eigenvalue weighted by Gasteiger charge is 2.26. The van der Waals surface area contributed by atoms with Gasteiger partial charge in [0.1, 0.15) is 22.9 Å². The molecule has 12 heteroatoms. The highest BCUT2D eigenvalue weighted by Crippen LogP contribution is 2.33. The summed E-state index contributed by atoms with van der Waals surface area (Å²) in [5.41, 5.74) is 4.17. The first-order valence-electron chi connectivity index (χ1n) is 13.5. The van der Waals surface area contributed by atoms with Crippen molar-refractivity contribution in [1.82, 2.24) is 34.6 Å². The van der Waals surface area contributed by atoms with Crippen LogP contribution in [0.4, 0.5) is 10.1 Å². The van der Waals surface area contributed by atoms with Crippen molar-refractivity contribution in [2.75, 3.05) is 44.7 Å². The van der Waals surface area contributed by atoms with E-state index in [2.05, 4.69) is 30.4 Å². The first kappa shape index (κ1) is 26.2. The third-order valence-corrected chi connectivity index (χ3v) is 7.49. The molecule has 11 nitrogen and oxygen atoms in total. The molecule has 1 saturated heterocycles. The van der Waals surface area contributed by atoms with E-state index < -0.39 is 11.7 Å². The second-order valence-corrected chi connectivity index (χ2v) is 10.6. The van der Waals surface area contributed by atoms with Crippen LogP contribution >= 0.6 is 0 Å². The van der Waals surface area contributed by atoms with Gasteiger partial charge >= 0.3 is 0 Å². The van der Waals surface area contributed by atoms with Crippen LogP contribution in [0.25, 0.3) is 22.7 Å². The van der Waals surface area contributed by atoms with Crippen molar-refractivity contribution in [1.29, 1.82) is 0 Å². The standard InChI is InChI=1S/C28H33FN8O3/c1-17-10-21(29)20(28(39)31-19-4-5-19)11-23(17)37-15-22(32-33-37)24-13-30-27-12-26(40-3)25(16-36(24)27)35-8-6-34(7-9-35)14-18(2)38/h10-13,15-16,18-19,38H,4-9,14H2,1-3H3,(H,31,39)/t18-/m0/s1. The smallest absolute Gasteiger partial charge is 0.254 e. The molecule has 1 aliphatic heterocycles. The van der Waals surface area contributed by atoms with Gasteiger partial charge in [0.15, 0.2) is 0 Å². The molecule has 1 amide bonds. The van der Waals surface area contributed by atoms with Crippen LogP contribution in [0.3, 0.4) is 0 Å². The van der Waals surface area contributed by atoms with Crippen LogP contribution in [0.2, 0.25) is 0 Å². The molecule has 1 atom stereocenters. The number of nitrogens with one attached hydrogen (secondary N) is 1. The number of rotatable bonds is 8. The highest BCUT2D eigenvalue weighted by molar-refractivity contribution is 5.95. The number of β-amino-alcohol motifs (C(OH)–C–C–N with tert-alkyl or cyclic N) is 1. The Morgan fingerprint density at radius 1 is 1.18 bits per heavy atom. The number of aliphatic hydroxyl groups is 1. The van der Waals surface area contributed by atoms with E-state index in [1.807, 2.05) is 23.6 Å². The summed E-state index contributed by atoms with van der Waals surface area (Å²) in [7, 11) is 1.65. The maximum atomic E-state index is 14.7. The number of aromatic nitrogens is 5. The van der Waals surface area contributed by atoms with Gasteiger partial charge in [-0.2, -0.15) is 0 Å². The Kier molecular flexibility index (Phi) is 6.88. The van der Waals surface area contributed by atoms with E-state index in [0.29, 0.717) is 29.1 Å². The largest absolute Gasteiger partial charge is 0.494 e. The van der Waals surface area contributed by atoms with Gasteiger partial charge < -0.3 is 20.1 Å². The predicted octanol–water partition coefficient (Wildman–Crippen LogP) is 2.43. The molecule has 2 aliphatic rings. The average molecular weight is 549 g/mol. The normalized spacial score (nSPS) is 16.9. The Labute approximate surface area is 231 Å². The molecule has 0 spiro atoms. The molecule has 2 fully saturated rings. The molecule has 2 N–H and O–H groups in total. The third kappa shape index (κ3) is 5.11. The number of hydrogen-bond acceptors (Lipinski definition) is 8. The zero-order chi connectivity index (χ0) is 28.0. The van der Waals surface area contributed by atoms with Gasteiger partial charge in [-0.15, -0.1) is 5.10 Å². The van der Waals surface area contributed by atoms with Crippen LogP contribution in [-0.2, 0) is 0 Å². The molecule has 0 bridgehead atoms. The number of anilines is 1. The van der Waals surface area contributed by atoms with Gasteiger partial charge in [0, 0.05) is 51.0 Å². The van der Waals surface area contributed by atoms with Gasteiger partial charge in [-0.1, -0.05) is 5.21 Å². The lowest BCUT2D eigenvalue weighted by atomic mass is 10.1. The molecule has 1 aliphatic carbocycles. The lowest BCUT2D eigenvalue weighted by molar-refractivity contribution is 0.0947. The van der Waals surface area contributed by atoms with Gasteiger partial charge in [0.25, 0.3) is 5.91 Å². The summed E-state index contributed by atoms with van der Waals surface area (Å²) in [6, 6.07) is 4.91. The van der Waals surface area contributed by atoms with Crippen LogP contribution < -0.4 is 15.0 Å². The Hall–Kier alpha value is -4.03. The molecule has 4 heterocycles. The topological polar surface area (TPSA) is 113 Å². The third-order valence-electron chi connectivity index (χ3n) is 7.49. The summed E-state index contributed by atoms with van der Waals surface area (Å²) < 4.78 is 23.9. The van der Waals surface area contributed by atoms with E-state index in [9.17, 15) is 14.3 Å². The summed E-state index contributed by atoms with van der Waals surface area (Å²) in [6.45, 7) is 7.53. The van der Waals surface area contributed by atoms with Crippen LogP contribution in [0.15, 0.2) is 36.8 Å². The molecular formula is C28H33FN8O3. The van der Waals surface area contributed by atoms with Gasteiger partial charge in [-0.05, 0) is 44.4 Å². The number of imidazole rings is 1. The number of ether oxygens (including phenoxy) is 1. The fraction of sp³-hybridized carbons (Fsp3) is 0.429. The number of amides is 1. The molecule has 4 aromatic rings. The fourth-order valence-electron chi connectivity index (χ4n) is 5.20. The number of aryl methyl sites for hydroxylation is 1. The number of piperazine rings is 1. The second kappa shape index (κ2) is 10.5. The molecule has 3 aromatic heterocycles. The fourth-order valence-corrected chi connectivity index (χ4v) is 5.20. The number of halogens is 1. The number of carbonyl (C=O) groups is 1. The molecule has 1 saturated carbocycles. The number of pyridine rings is 1. The zero-order valence-corrected chi connectivity index (χ0v) is 22.8. The van der Waals surface area contributed by atoms with E-state index in [4.69, 9.17) is 4.74 Å². The van der Waals surface area contributed by atoms with Gasteiger partial charge in [-0.25, -0.2) is 14.1 Å². The Morgan fingerprint density at radius 2 is 1.95 bits per heavy atom. The van der Waals surface area contributed by atoms with Crippen molar-refractivity contribution in [2.24, 2.45) is 0 Å². The molecular weight excluding hydrogens is 515 g/mol. The maximum absolute atomic E-state index is 14.7. The van der Waals surface area contributed by atoms with Crippen LogP contribution in [0, 0.1) is 12.7 Å². The Bertz CT molecular complexity index is 1550. The highest BCUT2D eigenvalue weighted by atomic mass is 19.1. The van der Waals surface area contributed by atoms with Crippen LogP contribution in [0.1, 0.15) is 35.7 Å². The number of methoxy groups -OCH3 is 1. The van der Waals surface area contributed by atoms with Crippen LogP contribution in [-0.4, -0.2) is 92.3 Å². The predicted molar refractivity (Wildman–Crippen MR) is 148 cm³/mol. The summed E-state index contributed by atoms with van der Waals surface area (Å²) >= 11 is 0. The number of aliphatic hydroxyl groups excluding tert-OH is 1. The lowest BCUT2D eigenvalue weighted by Gasteiger charge is -2.37. The quantitative estimate of drug-likeness (QED) is 0.345. The number of carbonyl (C=O) groups excluding carboxylic acids is 1. The van der Waals surface area contributed by atoms with Gasteiger partial charge in [0.05, 0.1) is 48.2 Å². The van der Waals surface area contributed by atoms with Crippen molar-refractivity contribution < 1.29 is 19.0 Å². The lowest BCUT2D eigenvalue weighted by Crippen LogP contribution is -2.48. The molecule has 6 rings (SSSR count). The molecule has 0 radical (unpaired) electrons. The minimum absolute atomic E-state index is 0.00960. The summed E-state index contributed by atoms with van der Waals surface area (Å²) in [6.07, 6.45) is 6.98. The number of fused-ring (bicyclic) bond motifs is 1. The molecule has 1 aromatic carbocycles. The van der Waals surface area contributed by atoms with E-state index in [-0.39, 0.29) is 17.7 Å². The van der Waals surface area contributed by atoms with Crippen LogP contribution in [0.5, 0.6) is 5.75 Å². The van der Waals surface area contributed by atoms with E-state index in [1.54, 1.807) is 31.1 Å². The Morgan fingerprint density at radius 3 is 2.65 bits per heavy atom. The number of hydrogen-bond donors (Lipinski definition) is 2. The van der Waals surface area contributed by atoms with E-state index in [1.165, 1.54) is 12.1 Å². The number of benzene rings is 1. The van der Waals surface area contributed by atoms with Crippen molar-refractivity contribution in [3.05, 3.63) is 53.7 Å². The van der Waals surface area contributed by atoms with Crippen molar-refractivity contribution in [3.63, 3.8) is 0 Å². The SMILES string of the molecule is COc1cc2ncc(-c3cn(-c4cc(C(=O)NC5CC5)c(F)cc4C)nn3)n2cc1N1CCN(C[C@H](C)O)CC1. The summed E-state index contributed by atoms with van der Waals surface area (Å²) in [5, 5.41) is 21.3. The first-order valence-corrected chi connectivity index (χ1v) is 13.5. The zero-order valence-electron chi connectivity index (χ0n) is 22.8. The van der Waals surface area contributed by atoms with Crippen molar-refractivity contribution >= 4 is 17.2 Å². The molecule has 0 unspecified atom stereocenters. The second-order valence-electron chi connectivity index (χ2n) is 10.6. The Balaban J connectivity index is 1.30. The van der Waals surface area contributed by atoms with Gasteiger partial charge in [-0.3, -0.25) is 14.1 Å². The summed E-state index contributed by atoms with van der Waals surface area (Å²) in [4.78, 5) is 21.7. The maximum Gasteiger partial charge on any atom is 0.254 e. The average Bonchev–Trinajstić information content (AvgIpc) is 3.44. The minimum Gasteiger partial charge on any atom is -0.494 e. The van der Waals surface area contributed by atoms with E-state index in [0.717, 1.165) is 56.2 Å². The van der Waals surface area contributed by atoms with E-state index >= 15 is 0 Å². The molecule has 40 heavy (non-hydrogen) atoms. The number of nitrogens with zero attached hydrogens (tertiary/aromatic N) is 7. The monoisotopic (exact) mass is 548 g/mol. The minimum atomic E-state index is -0.560. The summed E-state index contributed by atoms with van der Waals surface area (Å²) in [5.74, 6) is -0.248. The van der Waals surface area contributed by atoms with Gasteiger partial charge in [0.2, 0.25) is 0 Å². The van der Waals surface area contributed by atoms with Crippen molar-refractivity contribution in [2.45, 2.75) is 38.8 Å². The molecule has 210 valence electrons.